The minimum atomic E-state index is -0.158. The smallest absolute Gasteiger partial charge is 0.323 e. The van der Waals surface area contributed by atoms with Crippen molar-refractivity contribution in [1.82, 2.24) is 5.32 Å². The minimum absolute atomic E-state index is 0.155. The summed E-state index contributed by atoms with van der Waals surface area (Å²) in [7, 11) is 1.44. The van der Waals surface area contributed by atoms with Crippen LogP contribution in [0.5, 0.6) is 0 Å². The number of likely N-dealkylation sites (N-methyl/N-ethyl adjacent to an activating group) is 1. The molecule has 0 fully saturated rings. The highest BCUT2D eigenvalue weighted by Gasteiger charge is 2.17. The van der Waals surface area contributed by atoms with Crippen molar-refractivity contribution >= 4 is 17.7 Å². The van der Waals surface area contributed by atoms with Crippen molar-refractivity contribution in [2.24, 2.45) is 5.92 Å². The van der Waals surface area contributed by atoms with Crippen molar-refractivity contribution in [3.8, 4) is 0 Å². The van der Waals surface area contributed by atoms with Crippen LogP contribution in [0.4, 0.5) is 0 Å². The molecule has 1 unspecified atom stereocenters. The lowest BCUT2D eigenvalue weighted by Crippen LogP contribution is -2.39. The molecular formula is C11H23NO2S. The Hall–Kier alpha value is -0.220. The van der Waals surface area contributed by atoms with E-state index in [0.717, 1.165) is 24.0 Å². The second-order valence-electron chi connectivity index (χ2n) is 3.89. The molecule has 15 heavy (non-hydrogen) atoms. The van der Waals surface area contributed by atoms with E-state index >= 15 is 0 Å². The first-order valence-corrected chi connectivity index (χ1v) is 6.66. The molecule has 0 spiro atoms. The molecule has 0 rings (SSSR count). The van der Waals surface area contributed by atoms with Crippen LogP contribution in [0.1, 0.15) is 27.2 Å². The van der Waals surface area contributed by atoms with E-state index in [9.17, 15) is 4.79 Å². The number of hydrogen-bond donors (Lipinski definition) is 1. The molecule has 0 radical (unpaired) electrons. The lowest BCUT2D eigenvalue weighted by atomic mass is 10.2. The minimum Gasteiger partial charge on any atom is -0.468 e. The Morgan fingerprint density at radius 2 is 2.13 bits per heavy atom. The number of carbonyl (C=O) groups is 1. The highest BCUT2D eigenvalue weighted by atomic mass is 32.2. The van der Waals surface area contributed by atoms with E-state index < -0.39 is 0 Å². The van der Waals surface area contributed by atoms with Crippen LogP contribution in [-0.4, -0.2) is 37.2 Å². The quantitative estimate of drug-likeness (QED) is 0.513. The number of methoxy groups -OCH3 is 1. The van der Waals surface area contributed by atoms with Crippen LogP contribution in [0.3, 0.4) is 0 Å². The standard InChI is InChI=1S/C11H23NO2S/c1-5-12-10(11(13)14-4)8-15-7-6-9(2)3/h9-10,12H,5-8H2,1-4H3. The molecule has 0 aliphatic rings. The highest BCUT2D eigenvalue weighted by Crippen LogP contribution is 2.10. The number of carbonyl (C=O) groups excluding carboxylic acids is 1. The first-order chi connectivity index (χ1) is 7.11. The van der Waals surface area contributed by atoms with E-state index in [4.69, 9.17) is 4.74 Å². The lowest BCUT2D eigenvalue weighted by Gasteiger charge is -2.15. The van der Waals surface area contributed by atoms with Gasteiger partial charge in [0.25, 0.3) is 0 Å². The fourth-order valence-electron chi connectivity index (χ4n) is 1.12. The SMILES string of the molecule is CCNC(CSCCC(C)C)C(=O)OC. The molecule has 0 aliphatic heterocycles. The van der Waals surface area contributed by atoms with Gasteiger partial charge < -0.3 is 10.1 Å². The number of rotatable bonds is 8. The molecule has 0 heterocycles. The molecule has 0 aromatic heterocycles. The number of ether oxygens (including phenoxy) is 1. The second-order valence-corrected chi connectivity index (χ2v) is 5.04. The van der Waals surface area contributed by atoms with E-state index in [1.807, 2.05) is 18.7 Å². The third kappa shape index (κ3) is 7.68. The topological polar surface area (TPSA) is 38.3 Å². The Bertz CT molecular complexity index is 174. The Morgan fingerprint density at radius 3 is 2.60 bits per heavy atom. The van der Waals surface area contributed by atoms with Crippen LogP contribution in [-0.2, 0) is 9.53 Å². The largest absolute Gasteiger partial charge is 0.468 e. The molecule has 4 heteroatoms. The van der Waals surface area contributed by atoms with Gasteiger partial charge in [-0.25, -0.2) is 0 Å². The number of hydrogen-bond acceptors (Lipinski definition) is 4. The zero-order chi connectivity index (χ0) is 11.7. The van der Waals surface area contributed by atoms with Gasteiger partial charge >= 0.3 is 5.97 Å². The molecule has 0 saturated heterocycles. The summed E-state index contributed by atoms with van der Waals surface area (Å²) in [6.45, 7) is 7.21. The zero-order valence-electron chi connectivity index (χ0n) is 10.2. The van der Waals surface area contributed by atoms with Gasteiger partial charge in [-0.05, 0) is 24.6 Å². The summed E-state index contributed by atoms with van der Waals surface area (Å²) >= 11 is 1.81. The van der Waals surface area contributed by atoms with Crippen molar-refractivity contribution < 1.29 is 9.53 Å². The predicted molar refractivity (Wildman–Crippen MR) is 66.3 cm³/mol. The summed E-state index contributed by atoms with van der Waals surface area (Å²) in [5.41, 5.74) is 0. The molecule has 0 amide bonds. The average Bonchev–Trinajstić information content (AvgIpc) is 2.21. The van der Waals surface area contributed by atoms with Gasteiger partial charge in [0.15, 0.2) is 0 Å². The number of esters is 1. The first-order valence-electron chi connectivity index (χ1n) is 5.50. The molecule has 0 aromatic carbocycles. The average molecular weight is 233 g/mol. The first kappa shape index (κ1) is 14.8. The summed E-state index contributed by atoms with van der Waals surface area (Å²) in [5.74, 6) is 2.48. The Labute approximate surface area is 97.3 Å². The summed E-state index contributed by atoms with van der Waals surface area (Å²) in [5, 5.41) is 3.13. The van der Waals surface area contributed by atoms with Crippen LogP contribution in [0.2, 0.25) is 0 Å². The van der Waals surface area contributed by atoms with Gasteiger partial charge in [0.1, 0.15) is 6.04 Å². The summed E-state index contributed by atoms with van der Waals surface area (Å²) < 4.78 is 4.73. The molecule has 0 aliphatic carbocycles. The van der Waals surface area contributed by atoms with Crippen molar-refractivity contribution in [3.63, 3.8) is 0 Å². The van der Waals surface area contributed by atoms with Crippen molar-refractivity contribution in [1.29, 1.82) is 0 Å². The number of thioether (sulfide) groups is 1. The summed E-state index contributed by atoms with van der Waals surface area (Å²) in [6, 6.07) is -0.155. The van der Waals surface area contributed by atoms with E-state index in [2.05, 4.69) is 19.2 Å². The Balaban J connectivity index is 3.71. The van der Waals surface area contributed by atoms with Gasteiger partial charge in [-0.1, -0.05) is 20.8 Å². The lowest BCUT2D eigenvalue weighted by molar-refractivity contribution is -0.142. The Morgan fingerprint density at radius 1 is 1.47 bits per heavy atom. The molecule has 1 N–H and O–H groups in total. The van der Waals surface area contributed by atoms with Crippen molar-refractivity contribution in [2.75, 3.05) is 25.2 Å². The maximum absolute atomic E-state index is 11.3. The van der Waals surface area contributed by atoms with Crippen LogP contribution in [0.25, 0.3) is 0 Å². The van der Waals surface area contributed by atoms with Gasteiger partial charge in [-0.3, -0.25) is 4.79 Å². The third-order valence-corrected chi connectivity index (χ3v) is 3.15. The maximum Gasteiger partial charge on any atom is 0.323 e. The van der Waals surface area contributed by atoms with Crippen molar-refractivity contribution in [2.45, 2.75) is 33.2 Å². The molecule has 1 atom stereocenters. The van der Waals surface area contributed by atoms with E-state index in [-0.39, 0.29) is 12.0 Å². The van der Waals surface area contributed by atoms with Gasteiger partial charge in [-0.2, -0.15) is 11.8 Å². The van der Waals surface area contributed by atoms with Crippen LogP contribution in [0.15, 0.2) is 0 Å². The second kappa shape index (κ2) is 9.04. The van der Waals surface area contributed by atoms with Crippen LogP contribution in [0, 0.1) is 5.92 Å². The molecule has 0 saturated carbocycles. The van der Waals surface area contributed by atoms with Crippen LogP contribution < -0.4 is 5.32 Å². The fraction of sp³-hybridized carbons (Fsp3) is 0.909. The van der Waals surface area contributed by atoms with Gasteiger partial charge in [0.05, 0.1) is 7.11 Å². The molecule has 0 aromatic rings. The summed E-state index contributed by atoms with van der Waals surface area (Å²) in [6.07, 6.45) is 1.20. The predicted octanol–water partition coefficient (Wildman–Crippen LogP) is 1.92. The normalized spacial score (nSPS) is 12.9. The van der Waals surface area contributed by atoms with E-state index in [1.165, 1.54) is 13.5 Å². The monoisotopic (exact) mass is 233 g/mol. The molecule has 90 valence electrons. The van der Waals surface area contributed by atoms with Gasteiger partial charge in [-0.15, -0.1) is 0 Å². The zero-order valence-corrected chi connectivity index (χ0v) is 11.0. The molecular weight excluding hydrogens is 210 g/mol. The van der Waals surface area contributed by atoms with E-state index in [0.29, 0.717) is 0 Å². The third-order valence-electron chi connectivity index (χ3n) is 2.06. The highest BCUT2D eigenvalue weighted by molar-refractivity contribution is 7.99. The van der Waals surface area contributed by atoms with Crippen molar-refractivity contribution in [3.05, 3.63) is 0 Å². The number of nitrogens with one attached hydrogen (secondary N) is 1. The van der Waals surface area contributed by atoms with E-state index in [1.54, 1.807) is 0 Å². The van der Waals surface area contributed by atoms with Gasteiger partial charge in [0, 0.05) is 5.75 Å². The maximum atomic E-state index is 11.3. The summed E-state index contributed by atoms with van der Waals surface area (Å²) in [4.78, 5) is 11.3. The van der Waals surface area contributed by atoms with Crippen LogP contribution >= 0.6 is 11.8 Å². The molecule has 0 bridgehead atoms. The Kier molecular flexibility index (Phi) is 8.91. The molecule has 3 nitrogen and oxygen atoms in total. The van der Waals surface area contributed by atoms with Gasteiger partial charge in [0.2, 0.25) is 0 Å². The fourth-order valence-corrected chi connectivity index (χ4v) is 2.41.